The van der Waals surface area contributed by atoms with Gasteiger partial charge in [-0.3, -0.25) is 14.5 Å². The highest BCUT2D eigenvalue weighted by Crippen LogP contribution is 2.27. The van der Waals surface area contributed by atoms with Crippen molar-refractivity contribution in [3.8, 4) is 6.07 Å². The Morgan fingerprint density at radius 1 is 1.21 bits per heavy atom. The number of ether oxygens (including phenoxy) is 2. The Hall–Kier alpha value is -3.67. The molecule has 28 heavy (non-hydrogen) atoms. The fourth-order valence-corrected chi connectivity index (χ4v) is 2.88. The zero-order chi connectivity index (χ0) is 20.8. The first-order valence-corrected chi connectivity index (χ1v) is 8.41. The Morgan fingerprint density at radius 3 is 2.21 bits per heavy atom. The molecule has 1 aromatic rings. The SMILES string of the molecule is CCOC(=O)C(C#N)=C(CCC(C(=O)O)N1C(=O)c2ccccc2C1=O)OC. The summed E-state index contributed by atoms with van der Waals surface area (Å²) in [6.45, 7) is 1.62. The van der Waals surface area contributed by atoms with Gasteiger partial charge in [-0.2, -0.15) is 5.26 Å². The molecule has 0 radical (unpaired) electrons. The van der Waals surface area contributed by atoms with E-state index in [1.807, 2.05) is 0 Å². The van der Waals surface area contributed by atoms with Crippen LogP contribution >= 0.6 is 0 Å². The van der Waals surface area contributed by atoms with E-state index >= 15 is 0 Å². The Balaban J connectivity index is 2.28. The molecule has 0 bridgehead atoms. The molecule has 1 N–H and O–H groups in total. The highest BCUT2D eigenvalue weighted by Gasteiger charge is 2.42. The molecule has 2 amide bonds. The number of methoxy groups -OCH3 is 1. The second kappa shape index (κ2) is 8.81. The molecule has 0 fully saturated rings. The minimum absolute atomic E-state index is 0.0494. The van der Waals surface area contributed by atoms with Crippen molar-refractivity contribution >= 4 is 23.8 Å². The number of aliphatic carboxylic acids is 1. The molecule has 2 rings (SSSR count). The van der Waals surface area contributed by atoms with E-state index in [4.69, 9.17) is 9.47 Å². The maximum atomic E-state index is 12.5. The van der Waals surface area contributed by atoms with Gasteiger partial charge in [-0.1, -0.05) is 12.1 Å². The van der Waals surface area contributed by atoms with Crippen molar-refractivity contribution in [3.05, 3.63) is 46.7 Å². The van der Waals surface area contributed by atoms with E-state index in [0.29, 0.717) is 4.90 Å². The van der Waals surface area contributed by atoms with Gasteiger partial charge in [-0.25, -0.2) is 9.59 Å². The average molecular weight is 386 g/mol. The number of carbonyl (C=O) groups excluding carboxylic acids is 3. The molecule has 1 unspecified atom stereocenters. The number of benzene rings is 1. The van der Waals surface area contributed by atoms with Crippen LogP contribution in [0.2, 0.25) is 0 Å². The number of nitriles is 1. The molecule has 9 nitrogen and oxygen atoms in total. The number of carbonyl (C=O) groups is 4. The summed E-state index contributed by atoms with van der Waals surface area (Å²) >= 11 is 0. The van der Waals surface area contributed by atoms with Crippen LogP contribution in [0.3, 0.4) is 0 Å². The third-order valence-electron chi connectivity index (χ3n) is 4.18. The van der Waals surface area contributed by atoms with Crippen molar-refractivity contribution in [2.45, 2.75) is 25.8 Å². The third kappa shape index (κ3) is 3.86. The number of amides is 2. The van der Waals surface area contributed by atoms with Crippen molar-refractivity contribution in [2.24, 2.45) is 0 Å². The monoisotopic (exact) mass is 386 g/mol. The van der Waals surface area contributed by atoms with Gasteiger partial charge in [-0.15, -0.1) is 0 Å². The van der Waals surface area contributed by atoms with E-state index in [-0.39, 0.29) is 36.3 Å². The molecule has 146 valence electrons. The Kier molecular flexibility index (Phi) is 6.50. The molecular formula is C19H18N2O7. The third-order valence-corrected chi connectivity index (χ3v) is 4.18. The van der Waals surface area contributed by atoms with Crippen molar-refractivity contribution in [2.75, 3.05) is 13.7 Å². The second-order valence-electron chi connectivity index (χ2n) is 5.75. The van der Waals surface area contributed by atoms with Gasteiger partial charge in [0.05, 0.1) is 24.8 Å². The number of esters is 1. The quantitative estimate of drug-likeness (QED) is 0.234. The predicted octanol–water partition coefficient (Wildman–Crippen LogP) is 1.50. The van der Waals surface area contributed by atoms with E-state index in [0.717, 1.165) is 0 Å². The number of imide groups is 1. The fraction of sp³-hybridized carbons (Fsp3) is 0.316. The van der Waals surface area contributed by atoms with Crippen LogP contribution in [0.5, 0.6) is 0 Å². The van der Waals surface area contributed by atoms with Crippen LogP contribution in [0.4, 0.5) is 0 Å². The molecule has 1 heterocycles. The van der Waals surface area contributed by atoms with Crippen LogP contribution in [0.15, 0.2) is 35.6 Å². The van der Waals surface area contributed by atoms with Gasteiger partial charge < -0.3 is 14.6 Å². The summed E-state index contributed by atoms with van der Waals surface area (Å²) in [4.78, 5) is 49.3. The summed E-state index contributed by atoms with van der Waals surface area (Å²) < 4.78 is 9.83. The van der Waals surface area contributed by atoms with Crippen molar-refractivity contribution in [1.82, 2.24) is 4.90 Å². The highest BCUT2D eigenvalue weighted by atomic mass is 16.5. The van der Waals surface area contributed by atoms with Crippen molar-refractivity contribution < 1.29 is 33.8 Å². The molecule has 0 saturated heterocycles. The van der Waals surface area contributed by atoms with Crippen LogP contribution in [-0.2, 0) is 19.1 Å². The maximum Gasteiger partial charge on any atom is 0.352 e. The summed E-state index contributed by atoms with van der Waals surface area (Å²) in [5.41, 5.74) is -0.133. The highest BCUT2D eigenvalue weighted by molar-refractivity contribution is 6.22. The fourth-order valence-electron chi connectivity index (χ4n) is 2.88. The van der Waals surface area contributed by atoms with Gasteiger partial charge in [0.1, 0.15) is 17.9 Å². The number of carboxylic acids is 1. The lowest BCUT2D eigenvalue weighted by molar-refractivity contribution is -0.141. The first-order valence-electron chi connectivity index (χ1n) is 8.41. The molecule has 0 spiro atoms. The molecule has 0 aliphatic carbocycles. The van der Waals surface area contributed by atoms with Crippen LogP contribution in [-0.4, -0.2) is 53.5 Å². The number of allylic oxidation sites excluding steroid dienone is 1. The number of fused-ring (bicyclic) bond motifs is 1. The minimum Gasteiger partial charge on any atom is -0.499 e. The van der Waals surface area contributed by atoms with E-state index in [1.165, 1.54) is 19.2 Å². The zero-order valence-electron chi connectivity index (χ0n) is 15.3. The van der Waals surface area contributed by atoms with Gasteiger partial charge in [0, 0.05) is 6.42 Å². The molecule has 1 atom stereocenters. The number of nitrogens with zero attached hydrogens (tertiary/aromatic N) is 2. The average Bonchev–Trinajstić information content (AvgIpc) is 2.92. The largest absolute Gasteiger partial charge is 0.499 e. The Bertz CT molecular complexity index is 863. The van der Waals surface area contributed by atoms with Gasteiger partial charge in [-0.05, 0) is 25.5 Å². The van der Waals surface area contributed by atoms with Crippen LogP contribution in [0, 0.1) is 11.3 Å². The van der Waals surface area contributed by atoms with Crippen LogP contribution < -0.4 is 0 Å². The predicted molar refractivity (Wildman–Crippen MR) is 93.9 cm³/mol. The number of carboxylic acid groups (broad SMARTS) is 1. The lowest BCUT2D eigenvalue weighted by Crippen LogP contribution is -2.44. The number of rotatable bonds is 8. The Morgan fingerprint density at radius 2 is 1.79 bits per heavy atom. The number of hydrogen-bond acceptors (Lipinski definition) is 7. The summed E-state index contributed by atoms with van der Waals surface area (Å²) in [5, 5.41) is 18.8. The zero-order valence-corrected chi connectivity index (χ0v) is 15.3. The molecule has 1 aliphatic rings. The van der Waals surface area contributed by atoms with Crippen LogP contribution in [0.25, 0.3) is 0 Å². The van der Waals surface area contributed by atoms with E-state index in [2.05, 4.69) is 0 Å². The van der Waals surface area contributed by atoms with E-state index in [1.54, 1.807) is 25.1 Å². The lowest BCUT2D eigenvalue weighted by Gasteiger charge is -2.22. The summed E-state index contributed by atoms with van der Waals surface area (Å²) in [6, 6.07) is 6.24. The molecular weight excluding hydrogens is 368 g/mol. The summed E-state index contributed by atoms with van der Waals surface area (Å²) in [6.07, 6.45) is -0.406. The van der Waals surface area contributed by atoms with Gasteiger partial charge >= 0.3 is 11.9 Å². The smallest absolute Gasteiger partial charge is 0.352 e. The summed E-state index contributed by atoms with van der Waals surface area (Å²) in [5.74, 6) is -3.78. The van der Waals surface area contributed by atoms with Crippen molar-refractivity contribution in [1.29, 1.82) is 5.26 Å². The Labute approximate surface area is 160 Å². The first-order chi connectivity index (χ1) is 13.4. The number of hydrogen-bond donors (Lipinski definition) is 1. The molecule has 0 aromatic heterocycles. The topological polar surface area (TPSA) is 134 Å². The molecule has 9 heteroatoms. The van der Waals surface area contributed by atoms with Crippen LogP contribution in [0.1, 0.15) is 40.5 Å². The second-order valence-corrected chi connectivity index (χ2v) is 5.75. The van der Waals surface area contributed by atoms with E-state index in [9.17, 15) is 29.5 Å². The molecule has 1 aliphatic heterocycles. The molecule has 1 aromatic carbocycles. The summed E-state index contributed by atoms with van der Waals surface area (Å²) in [7, 11) is 1.23. The normalized spacial score (nSPS) is 14.7. The lowest BCUT2D eigenvalue weighted by atomic mass is 10.1. The molecule has 0 saturated carbocycles. The van der Waals surface area contributed by atoms with E-state index < -0.39 is 35.4 Å². The van der Waals surface area contributed by atoms with Gasteiger partial charge in [0.15, 0.2) is 5.57 Å². The van der Waals surface area contributed by atoms with Gasteiger partial charge in [0.25, 0.3) is 11.8 Å². The minimum atomic E-state index is -1.49. The van der Waals surface area contributed by atoms with Crippen molar-refractivity contribution in [3.63, 3.8) is 0 Å². The van der Waals surface area contributed by atoms with Gasteiger partial charge in [0.2, 0.25) is 0 Å². The standard InChI is InChI=1S/C19H18N2O7/c1-3-28-19(26)13(10-20)15(27-2)9-8-14(18(24)25)21-16(22)11-6-4-5-7-12(11)17(21)23/h4-7,14H,3,8-9H2,1-2H3,(H,24,25). The maximum absolute atomic E-state index is 12.5. The first kappa shape index (κ1) is 20.6.